The van der Waals surface area contributed by atoms with Crippen LogP contribution < -0.4 is 0 Å². The molecule has 0 aromatic heterocycles. The van der Waals surface area contributed by atoms with Crippen molar-refractivity contribution in [3.05, 3.63) is 48.6 Å². The molecular weight excluding hydrogens is 136 g/mol. The monoisotopic (exact) mass is 148 g/mol. The summed E-state index contributed by atoms with van der Waals surface area (Å²) in [6.45, 7) is 1.96. The molecular formula is C10H12O. The molecule has 0 aromatic carbocycles. The summed E-state index contributed by atoms with van der Waals surface area (Å²) in [7, 11) is 0. The highest BCUT2D eigenvalue weighted by Gasteiger charge is 1.61. The highest BCUT2D eigenvalue weighted by molar-refractivity contribution is 5.65. The average Bonchev–Trinajstić information content (AvgIpc) is 2.03. The molecule has 0 aliphatic carbocycles. The van der Waals surface area contributed by atoms with Gasteiger partial charge < -0.3 is 0 Å². The lowest BCUT2D eigenvalue weighted by atomic mass is 10.4. The molecule has 0 saturated heterocycles. The fourth-order valence-corrected chi connectivity index (χ4v) is 0.477. The number of rotatable bonds is 4. The molecule has 1 nitrogen and oxygen atoms in total. The second-order valence-corrected chi connectivity index (χ2v) is 1.82. The minimum atomic E-state index is 0.750. The van der Waals surface area contributed by atoms with Gasteiger partial charge in [-0.05, 0) is 13.0 Å². The molecule has 0 amide bonds. The topological polar surface area (TPSA) is 17.1 Å². The molecule has 11 heavy (non-hydrogen) atoms. The molecule has 0 saturated carbocycles. The Bertz CT molecular complexity index is 195. The van der Waals surface area contributed by atoms with Gasteiger partial charge in [0.05, 0.1) is 0 Å². The molecule has 0 rings (SSSR count). The maximum absolute atomic E-state index is 9.79. The molecule has 0 heterocycles. The van der Waals surface area contributed by atoms with E-state index in [1.54, 1.807) is 12.2 Å². The van der Waals surface area contributed by atoms with Crippen molar-refractivity contribution in [1.29, 1.82) is 0 Å². The summed E-state index contributed by atoms with van der Waals surface area (Å²) in [4.78, 5) is 9.79. The first-order valence-corrected chi connectivity index (χ1v) is 3.48. The highest BCUT2D eigenvalue weighted by Crippen LogP contribution is 1.80. The Kier molecular flexibility index (Phi) is 7.56. The lowest BCUT2D eigenvalue weighted by Crippen LogP contribution is -1.55. The van der Waals surface area contributed by atoms with Crippen LogP contribution in [-0.2, 0) is 4.79 Å². The highest BCUT2D eigenvalue weighted by atomic mass is 16.1. The largest absolute Gasteiger partial charge is 0.299 e. The van der Waals surface area contributed by atoms with Crippen LogP contribution in [0.3, 0.4) is 0 Å². The van der Waals surface area contributed by atoms with Gasteiger partial charge in [-0.1, -0.05) is 42.5 Å². The van der Waals surface area contributed by atoms with Crippen LogP contribution in [0.2, 0.25) is 0 Å². The van der Waals surface area contributed by atoms with Crippen LogP contribution in [0.15, 0.2) is 48.6 Å². The SMILES string of the molecule is C/C=C/C=C/C=C/C=C\C=O. The Morgan fingerprint density at radius 1 is 0.727 bits per heavy atom. The molecule has 1 heteroatoms. The van der Waals surface area contributed by atoms with Gasteiger partial charge in [0.15, 0.2) is 0 Å². The molecule has 58 valence electrons. The van der Waals surface area contributed by atoms with Gasteiger partial charge in [0.2, 0.25) is 0 Å². The second kappa shape index (κ2) is 8.63. The van der Waals surface area contributed by atoms with Gasteiger partial charge >= 0.3 is 0 Å². The van der Waals surface area contributed by atoms with E-state index < -0.39 is 0 Å². The van der Waals surface area contributed by atoms with E-state index in [1.807, 2.05) is 37.3 Å². The molecule has 0 N–H and O–H groups in total. The molecule has 0 radical (unpaired) electrons. The van der Waals surface area contributed by atoms with Crippen LogP contribution in [-0.4, -0.2) is 6.29 Å². The third-order valence-corrected chi connectivity index (χ3v) is 0.938. The predicted octanol–water partition coefficient (Wildman–Crippen LogP) is 2.43. The smallest absolute Gasteiger partial charge is 0.142 e. The van der Waals surface area contributed by atoms with Gasteiger partial charge in [-0.3, -0.25) is 4.79 Å². The van der Waals surface area contributed by atoms with E-state index in [4.69, 9.17) is 0 Å². The maximum atomic E-state index is 9.79. The quantitative estimate of drug-likeness (QED) is 0.340. The molecule has 0 fully saturated rings. The number of hydrogen-bond donors (Lipinski definition) is 0. The van der Waals surface area contributed by atoms with Gasteiger partial charge in [0, 0.05) is 0 Å². The molecule has 0 atom stereocenters. The Hall–Kier alpha value is -1.37. The van der Waals surface area contributed by atoms with Crippen LogP contribution >= 0.6 is 0 Å². The number of hydrogen-bond acceptors (Lipinski definition) is 1. The maximum Gasteiger partial charge on any atom is 0.142 e. The molecule has 0 aliphatic heterocycles. The van der Waals surface area contributed by atoms with Crippen molar-refractivity contribution in [2.24, 2.45) is 0 Å². The fourth-order valence-electron chi connectivity index (χ4n) is 0.477. The summed E-state index contributed by atoms with van der Waals surface area (Å²) in [5.74, 6) is 0. The van der Waals surface area contributed by atoms with Gasteiger partial charge in [-0.2, -0.15) is 0 Å². The second-order valence-electron chi connectivity index (χ2n) is 1.82. The van der Waals surface area contributed by atoms with Gasteiger partial charge in [0.25, 0.3) is 0 Å². The van der Waals surface area contributed by atoms with Crippen LogP contribution in [0.4, 0.5) is 0 Å². The summed E-state index contributed by atoms with van der Waals surface area (Å²) < 4.78 is 0. The number of aldehydes is 1. The molecule has 0 aromatic rings. The van der Waals surface area contributed by atoms with E-state index in [9.17, 15) is 4.79 Å². The van der Waals surface area contributed by atoms with E-state index in [0.717, 1.165) is 6.29 Å². The Morgan fingerprint density at radius 2 is 1.18 bits per heavy atom. The summed E-state index contributed by atoms with van der Waals surface area (Å²) in [6, 6.07) is 0. The zero-order valence-corrected chi connectivity index (χ0v) is 6.60. The first kappa shape index (κ1) is 9.63. The lowest BCUT2D eigenvalue weighted by Gasteiger charge is -1.71. The van der Waals surface area contributed by atoms with Crippen molar-refractivity contribution in [3.63, 3.8) is 0 Å². The van der Waals surface area contributed by atoms with Crippen LogP contribution in [0.25, 0.3) is 0 Å². The van der Waals surface area contributed by atoms with E-state index >= 15 is 0 Å². The molecule has 0 unspecified atom stereocenters. The van der Waals surface area contributed by atoms with E-state index in [0.29, 0.717) is 0 Å². The van der Waals surface area contributed by atoms with Gasteiger partial charge in [-0.25, -0.2) is 0 Å². The van der Waals surface area contributed by atoms with Crippen molar-refractivity contribution in [2.45, 2.75) is 6.92 Å². The van der Waals surface area contributed by atoms with Crippen LogP contribution in [0.5, 0.6) is 0 Å². The average molecular weight is 148 g/mol. The minimum absolute atomic E-state index is 0.750. The van der Waals surface area contributed by atoms with E-state index in [2.05, 4.69) is 0 Å². The lowest BCUT2D eigenvalue weighted by molar-refractivity contribution is -0.104. The summed E-state index contributed by atoms with van der Waals surface area (Å²) in [5, 5.41) is 0. The van der Waals surface area contributed by atoms with E-state index in [-0.39, 0.29) is 0 Å². The third-order valence-electron chi connectivity index (χ3n) is 0.938. The first-order chi connectivity index (χ1) is 5.41. The van der Waals surface area contributed by atoms with Gasteiger partial charge in [-0.15, -0.1) is 0 Å². The van der Waals surface area contributed by atoms with Crippen molar-refractivity contribution in [1.82, 2.24) is 0 Å². The Morgan fingerprint density at radius 3 is 1.64 bits per heavy atom. The first-order valence-electron chi connectivity index (χ1n) is 3.48. The van der Waals surface area contributed by atoms with Crippen molar-refractivity contribution < 1.29 is 4.79 Å². The Labute approximate surface area is 67.4 Å². The number of allylic oxidation sites excluding steroid dienone is 8. The zero-order valence-electron chi connectivity index (χ0n) is 6.60. The van der Waals surface area contributed by atoms with E-state index in [1.165, 1.54) is 6.08 Å². The summed E-state index contributed by atoms with van der Waals surface area (Å²) in [5.41, 5.74) is 0. The molecule has 0 bridgehead atoms. The fraction of sp³-hybridized carbons (Fsp3) is 0.100. The van der Waals surface area contributed by atoms with Crippen LogP contribution in [0.1, 0.15) is 6.92 Å². The van der Waals surface area contributed by atoms with Crippen molar-refractivity contribution >= 4 is 6.29 Å². The van der Waals surface area contributed by atoms with Crippen LogP contribution in [0, 0.1) is 0 Å². The summed E-state index contributed by atoms with van der Waals surface area (Å²) >= 11 is 0. The summed E-state index contributed by atoms with van der Waals surface area (Å²) in [6.07, 6.45) is 15.3. The Balaban J connectivity index is 3.59. The third kappa shape index (κ3) is 8.63. The minimum Gasteiger partial charge on any atom is -0.299 e. The molecule has 0 aliphatic rings. The zero-order chi connectivity index (χ0) is 8.36. The normalized spacial score (nSPS) is 12.8. The molecule has 0 spiro atoms. The van der Waals surface area contributed by atoms with Crippen molar-refractivity contribution in [3.8, 4) is 0 Å². The van der Waals surface area contributed by atoms with Gasteiger partial charge in [0.1, 0.15) is 6.29 Å². The number of carbonyl (C=O) groups excluding carboxylic acids is 1. The number of carbonyl (C=O) groups is 1. The predicted molar refractivity (Wildman–Crippen MR) is 48.3 cm³/mol. The van der Waals surface area contributed by atoms with Crippen molar-refractivity contribution in [2.75, 3.05) is 0 Å². The standard InChI is InChI=1S/C10H12O/c1-2-3-4-5-6-7-8-9-10-11/h2-10H,1H3/b3-2+,5-4+,7-6+,9-8-.